The third-order valence-electron chi connectivity index (χ3n) is 3.77. The van der Waals surface area contributed by atoms with E-state index in [1.54, 1.807) is 0 Å². The van der Waals surface area contributed by atoms with Crippen molar-refractivity contribution in [1.29, 1.82) is 0 Å². The van der Waals surface area contributed by atoms with Crippen molar-refractivity contribution in [2.45, 2.75) is 86.0 Å². The second kappa shape index (κ2) is 10.2. The number of rotatable bonds is 10. The van der Waals surface area contributed by atoms with E-state index in [1.165, 1.54) is 51.4 Å². The quantitative estimate of drug-likeness (QED) is 0.397. The van der Waals surface area contributed by atoms with Gasteiger partial charge in [-0.25, -0.2) is 0 Å². The Balaban J connectivity index is 3.65. The standard InChI is InChI=1S/C16H34/c1-6-8-9-10-16(7-2)13-15(5)12-11-14(3)4/h14-16H,6-13H2,1-5H3. The molecule has 0 rings (SSSR count). The van der Waals surface area contributed by atoms with Gasteiger partial charge in [-0.1, -0.05) is 79.6 Å². The molecule has 0 saturated carbocycles. The van der Waals surface area contributed by atoms with E-state index in [1.807, 2.05) is 0 Å². The van der Waals surface area contributed by atoms with Gasteiger partial charge in [-0.15, -0.1) is 0 Å². The zero-order chi connectivity index (χ0) is 12.4. The summed E-state index contributed by atoms with van der Waals surface area (Å²) >= 11 is 0. The molecule has 0 aromatic heterocycles. The highest BCUT2D eigenvalue weighted by molar-refractivity contribution is 4.64. The Hall–Kier alpha value is 0. The van der Waals surface area contributed by atoms with Crippen LogP contribution in [-0.2, 0) is 0 Å². The van der Waals surface area contributed by atoms with E-state index in [9.17, 15) is 0 Å². The lowest BCUT2D eigenvalue weighted by molar-refractivity contribution is 0.323. The molecular formula is C16H34. The van der Waals surface area contributed by atoms with Crippen LogP contribution in [0.2, 0.25) is 0 Å². The topological polar surface area (TPSA) is 0 Å². The first-order valence-electron chi connectivity index (χ1n) is 7.60. The molecule has 0 spiro atoms. The molecule has 0 aromatic rings. The van der Waals surface area contributed by atoms with Crippen molar-refractivity contribution < 1.29 is 0 Å². The third-order valence-corrected chi connectivity index (χ3v) is 3.77. The fraction of sp³-hybridized carbons (Fsp3) is 1.00. The summed E-state index contributed by atoms with van der Waals surface area (Å²) in [6.07, 6.45) is 11.4. The smallest absolute Gasteiger partial charge is 0.0414 e. The molecule has 0 radical (unpaired) electrons. The first-order chi connectivity index (χ1) is 7.60. The zero-order valence-electron chi connectivity index (χ0n) is 12.4. The summed E-state index contributed by atoms with van der Waals surface area (Å²) in [6.45, 7) is 11.8. The van der Waals surface area contributed by atoms with E-state index in [0.717, 1.165) is 17.8 Å². The van der Waals surface area contributed by atoms with Gasteiger partial charge in [0, 0.05) is 0 Å². The molecule has 0 aromatic carbocycles. The van der Waals surface area contributed by atoms with Crippen LogP contribution in [0, 0.1) is 17.8 Å². The molecule has 0 amide bonds. The Kier molecular flexibility index (Phi) is 10.2. The van der Waals surface area contributed by atoms with E-state index in [2.05, 4.69) is 34.6 Å². The van der Waals surface area contributed by atoms with Gasteiger partial charge in [0.1, 0.15) is 0 Å². The highest BCUT2D eigenvalue weighted by Gasteiger charge is 2.11. The van der Waals surface area contributed by atoms with E-state index >= 15 is 0 Å². The summed E-state index contributed by atoms with van der Waals surface area (Å²) < 4.78 is 0. The van der Waals surface area contributed by atoms with Crippen LogP contribution in [0.3, 0.4) is 0 Å². The molecule has 0 saturated heterocycles. The van der Waals surface area contributed by atoms with Gasteiger partial charge in [0.15, 0.2) is 0 Å². The summed E-state index contributed by atoms with van der Waals surface area (Å²) in [7, 11) is 0. The van der Waals surface area contributed by atoms with E-state index in [0.29, 0.717) is 0 Å². The van der Waals surface area contributed by atoms with Crippen LogP contribution in [0.25, 0.3) is 0 Å². The normalized spacial score (nSPS) is 15.4. The molecule has 0 bridgehead atoms. The van der Waals surface area contributed by atoms with Gasteiger partial charge in [-0.3, -0.25) is 0 Å². The molecule has 2 atom stereocenters. The average Bonchev–Trinajstić information content (AvgIpc) is 2.25. The predicted molar refractivity (Wildman–Crippen MR) is 75.8 cm³/mol. The van der Waals surface area contributed by atoms with Crippen molar-refractivity contribution in [2.24, 2.45) is 17.8 Å². The van der Waals surface area contributed by atoms with Crippen LogP contribution in [0.4, 0.5) is 0 Å². The second-order valence-corrected chi connectivity index (χ2v) is 6.08. The zero-order valence-corrected chi connectivity index (χ0v) is 12.4. The minimum Gasteiger partial charge on any atom is -0.0654 e. The molecule has 0 heterocycles. The maximum Gasteiger partial charge on any atom is -0.0414 e. The lowest BCUT2D eigenvalue weighted by atomic mass is 9.86. The highest BCUT2D eigenvalue weighted by atomic mass is 14.2. The Morgan fingerprint density at radius 1 is 0.812 bits per heavy atom. The summed E-state index contributed by atoms with van der Waals surface area (Å²) in [5, 5.41) is 0. The lowest BCUT2D eigenvalue weighted by Gasteiger charge is -2.20. The van der Waals surface area contributed by atoms with E-state index < -0.39 is 0 Å². The fourth-order valence-corrected chi connectivity index (χ4v) is 2.48. The molecule has 0 N–H and O–H groups in total. The lowest BCUT2D eigenvalue weighted by Crippen LogP contribution is -2.07. The van der Waals surface area contributed by atoms with Crippen LogP contribution < -0.4 is 0 Å². The molecule has 0 aliphatic rings. The van der Waals surface area contributed by atoms with Crippen molar-refractivity contribution in [3.63, 3.8) is 0 Å². The molecule has 16 heavy (non-hydrogen) atoms. The number of unbranched alkanes of at least 4 members (excludes halogenated alkanes) is 2. The molecular weight excluding hydrogens is 192 g/mol. The van der Waals surface area contributed by atoms with Gasteiger partial charge in [-0.2, -0.15) is 0 Å². The van der Waals surface area contributed by atoms with Crippen LogP contribution >= 0.6 is 0 Å². The van der Waals surface area contributed by atoms with Crippen LogP contribution in [0.1, 0.15) is 86.0 Å². The average molecular weight is 226 g/mol. The van der Waals surface area contributed by atoms with Crippen LogP contribution in [0.5, 0.6) is 0 Å². The van der Waals surface area contributed by atoms with Crippen LogP contribution in [0.15, 0.2) is 0 Å². The molecule has 2 unspecified atom stereocenters. The van der Waals surface area contributed by atoms with E-state index in [4.69, 9.17) is 0 Å². The predicted octanol–water partition coefficient (Wildman–Crippen LogP) is 6.06. The van der Waals surface area contributed by atoms with Crippen molar-refractivity contribution in [3.05, 3.63) is 0 Å². The minimum absolute atomic E-state index is 0.877. The third kappa shape index (κ3) is 9.24. The molecule has 0 fully saturated rings. The van der Waals surface area contributed by atoms with Gasteiger partial charge in [-0.05, 0) is 24.2 Å². The van der Waals surface area contributed by atoms with E-state index in [-0.39, 0.29) is 0 Å². The maximum atomic E-state index is 2.45. The number of hydrogen-bond donors (Lipinski definition) is 0. The Bertz CT molecular complexity index is 137. The Labute approximate surface area is 104 Å². The monoisotopic (exact) mass is 226 g/mol. The van der Waals surface area contributed by atoms with Crippen molar-refractivity contribution >= 4 is 0 Å². The maximum absolute atomic E-state index is 2.45. The van der Waals surface area contributed by atoms with Gasteiger partial charge < -0.3 is 0 Å². The van der Waals surface area contributed by atoms with Gasteiger partial charge in [0.05, 0.1) is 0 Å². The fourth-order valence-electron chi connectivity index (χ4n) is 2.48. The molecule has 0 heteroatoms. The molecule has 0 aliphatic heterocycles. The molecule has 98 valence electrons. The minimum atomic E-state index is 0.877. The molecule has 0 aliphatic carbocycles. The SMILES string of the molecule is CCCCCC(CC)CC(C)CCC(C)C. The van der Waals surface area contributed by atoms with Gasteiger partial charge in [0.25, 0.3) is 0 Å². The largest absolute Gasteiger partial charge is 0.0654 e. The van der Waals surface area contributed by atoms with Gasteiger partial charge >= 0.3 is 0 Å². The first-order valence-corrected chi connectivity index (χ1v) is 7.60. The van der Waals surface area contributed by atoms with Crippen molar-refractivity contribution in [3.8, 4) is 0 Å². The first kappa shape index (κ1) is 16.0. The van der Waals surface area contributed by atoms with Crippen molar-refractivity contribution in [2.75, 3.05) is 0 Å². The summed E-state index contributed by atoms with van der Waals surface area (Å²) in [4.78, 5) is 0. The summed E-state index contributed by atoms with van der Waals surface area (Å²) in [6, 6.07) is 0. The Morgan fingerprint density at radius 3 is 2.00 bits per heavy atom. The summed E-state index contributed by atoms with van der Waals surface area (Å²) in [5.41, 5.74) is 0. The second-order valence-electron chi connectivity index (χ2n) is 6.08. The van der Waals surface area contributed by atoms with Crippen molar-refractivity contribution in [1.82, 2.24) is 0 Å². The molecule has 0 nitrogen and oxygen atoms in total. The number of hydrogen-bond acceptors (Lipinski definition) is 0. The Morgan fingerprint density at radius 2 is 1.50 bits per heavy atom. The van der Waals surface area contributed by atoms with Gasteiger partial charge in [0.2, 0.25) is 0 Å². The summed E-state index contributed by atoms with van der Waals surface area (Å²) in [5.74, 6) is 2.81. The highest BCUT2D eigenvalue weighted by Crippen LogP contribution is 2.25. The van der Waals surface area contributed by atoms with Crippen LogP contribution in [-0.4, -0.2) is 0 Å².